The molecule has 7 heteroatoms. The molecule has 0 spiro atoms. The number of hydrogen-bond acceptors (Lipinski definition) is 6. The molecule has 5 rings (SSSR count). The predicted molar refractivity (Wildman–Crippen MR) is 134 cm³/mol. The first-order valence-corrected chi connectivity index (χ1v) is 12.0. The summed E-state index contributed by atoms with van der Waals surface area (Å²) in [5.41, 5.74) is 2.19. The van der Waals surface area contributed by atoms with Crippen molar-refractivity contribution in [2.75, 3.05) is 6.54 Å². The molecule has 0 bridgehead atoms. The van der Waals surface area contributed by atoms with E-state index in [4.69, 9.17) is 9.26 Å². The summed E-state index contributed by atoms with van der Waals surface area (Å²) in [6.07, 6.45) is 3.15. The number of ether oxygens (including phenoxy) is 1. The summed E-state index contributed by atoms with van der Waals surface area (Å²) in [6.45, 7) is 3.12. The first-order chi connectivity index (χ1) is 17.2. The highest BCUT2D eigenvalue weighted by molar-refractivity contribution is 5.94. The Hall–Kier alpha value is -3.97. The molecule has 35 heavy (non-hydrogen) atoms. The van der Waals surface area contributed by atoms with Crippen molar-refractivity contribution >= 4 is 5.91 Å². The minimum absolute atomic E-state index is 0.0660. The van der Waals surface area contributed by atoms with Crippen molar-refractivity contribution in [2.45, 2.75) is 38.3 Å². The number of nitrogens with one attached hydrogen (secondary N) is 2. The Morgan fingerprint density at radius 3 is 2.43 bits per heavy atom. The summed E-state index contributed by atoms with van der Waals surface area (Å²) in [4.78, 5) is 17.3. The predicted octanol–water partition coefficient (Wildman–Crippen LogP) is 5.46. The molecule has 3 aromatic carbocycles. The molecule has 0 saturated carbocycles. The van der Waals surface area contributed by atoms with Gasteiger partial charge in [-0.05, 0) is 74.3 Å². The third-order valence-electron chi connectivity index (χ3n) is 6.25. The van der Waals surface area contributed by atoms with Crippen LogP contribution in [-0.4, -0.2) is 34.7 Å². The molecule has 2 N–H and O–H groups in total. The number of hydrogen-bond donors (Lipinski definition) is 2. The molecule has 4 aromatic rings. The molecule has 0 radical (unpaired) electrons. The minimum atomic E-state index is -0.0660. The Labute approximate surface area is 204 Å². The Kier molecular flexibility index (Phi) is 6.86. The molecule has 1 fully saturated rings. The van der Waals surface area contributed by atoms with Gasteiger partial charge in [0.05, 0.1) is 0 Å². The fraction of sp³-hybridized carbons (Fsp3) is 0.250. The lowest BCUT2D eigenvalue weighted by Crippen LogP contribution is -2.47. The van der Waals surface area contributed by atoms with Gasteiger partial charge in [-0.25, -0.2) is 0 Å². The SMILES string of the molecule is CCC(NC(=O)c1ccc(-c2noc(-c3ccc(Oc4ccccc4)cc3)n2)cc1)C1CCCN1. The fourth-order valence-electron chi connectivity index (χ4n) is 4.31. The molecule has 1 amide bonds. The molecule has 0 aliphatic carbocycles. The Morgan fingerprint density at radius 1 is 1.03 bits per heavy atom. The highest BCUT2D eigenvalue weighted by Crippen LogP contribution is 2.26. The first-order valence-electron chi connectivity index (χ1n) is 12.0. The molecule has 2 unspecified atom stereocenters. The second kappa shape index (κ2) is 10.5. The van der Waals surface area contributed by atoms with E-state index in [9.17, 15) is 4.79 Å². The zero-order valence-electron chi connectivity index (χ0n) is 19.6. The summed E-state index contributed by atoms with van der Waals surface area (Å²) < 4.78 is 11.3. The summed E-state index contributed by atoms with van der Waals surface area (Å²) in [5.74, 6) is 2.32. The molecule has 1 aliphatic rings. The first kappa shape index (κ1) is 22.8. The monoisotopic (exact) mass is 468 g/mol. The smallest absolute Gasteiger partial charge is 0.258 e. The molecule has 2 heterocycles. The fourth-order valence-corrected chi connectivity index (χ4v) is 4.31. The maximum atomic E-state index is 12.8. The van der Waals surface area contributed by atoms with E-state index < -0.39 is 0 Å². The second-order valence-corrected chi connectivity index (χ2v) is 8.63. The zero-order chi connectivity index (χ0) is 24.0. The normalized spacial score (nSPS) is 16.1. The lowest BCUT2D eigenvalue weighted by atomic mass is 10.0. The molecule has 1 aliphatic heterocycles. The number of nitrogens with zero attached hydrogens (tertiary/aromatic N) is 2. The van der Waals surface area contributed by atoms with Gasteiger partial charge >= 0.3 is 0 Å². The van der Waals surface area contributed by atoms with E-state index in [0.717, 1.165) is 48.4 Å². The number of rotatable bonds is 8. The van der Waals surface area contributed by atoms with Crippen LogP contribution in [0.4, 0.5) is 0 Å². The number of benzene rings is 3. The number of carbonyl (C=O) groups is 1. The lowest BCUT2D eigenvalue weighted by molar-refractivity contribution is 0.0927. The Balaban J connectivity index is 1.23. The minimum Gasteiger partial charge on any atom is -0.457 e. The zero-order valence-corrected chi connectivity index (χ0v) is 19.6. The van der Waals surface area contributed by atoms with E-state index in [1.807, 2.05) is 66.7 Å². The maximum absolute atomic E-state index is 12.8. The van der Waals surface area contributed by atoms with E-state index >= 15 is 0 Å². The van der Waals surface area contributed by atoms with E-state index in [2.05, 4.69) is 27.7 Å². The molecule has 7 nitrogen and oxygen atoms in total. The molecule has 2 atom stereocenters. The van der Waals surface area contributed by atoms with Crippen molar-refractivity contribution in [1.82, 2.24) is 20.8 Å². The summed E-state index contributed by atoms with van der Waals surface area (Å²) in [5, 5.41) is 10.8. The summed E-state index contributed by atoms with van der Waals surface area (Å²) >= 11 is 0. The van der Waals surface area contributed by atoms with Crippen LogP contribution < -0.4 is 15.4 Å². The van der Waals surface area contributed by atoms with E-state index in [1.165, 1.54) is 0 Å². The highest BCUT2D eigenvalue weighted by atomic mass is 16.5. The van der Waals surface area contributed by atoms with E-state index in [0.29, 0.717) is 23.3 Å². The standard InChI is InChI=1S/C28H28N4O3/c1-2-24(25-9-6-18-29-25)30-27(33)20-12-10-19(11-13-20)26-31-28(35-32-26)21-14-16-23(17-15-21)34-22-7-4-3-5-8-22/h3-5,7-8,10-17,24-25,29H,2,6,9,18H2,1H3,(H,30,33). The van der Waals surface area contributed by atoms with Crippen LogP contribution in [0.25, 0.3) is 22.8 Å². The number of aromatic nitrogens is 2. The average Bonchev–Trinajstić information content (AvgIpc) is 3.61. The molecular formula is C28H28N4O3. The van der Waals surface area contributed by atoms with Crippen LogP contribution >= 0.6 is 0 Å². The van der Waals surface area contributed by atoms with Gasteiger partial charge in [0.2, 0.25) is 5.82 Å². The third-order valence-corrected chi connectivity index (χ3v) is 6.25. The van der Waals surface area contributed by atoms with Crippen molar-refractivity contribution in [2.24, 2.45) is 0 Å². The van der Waals surface area contributed by atoms with Crippen LogP contribution in [0.5, 0.6) is 11.5 Å². The number of para-hydroxylation sites is 1. The van der Waals surface area contributed by atoms with Gasteiger partial charge in [0, 0.05) is 28.8 Å². The second-order valence-electron chi connectivity index (χ2n) is 8.63. The van der Waals surface area contributed by atoms with Crippen LogP contribution in [0.2, 0.25) is 0 Å². The van der Waals surface area contributed by atoms with Gasteiger partial charge in [-0.1, -0.05) is 42.4 Å². The van der Waals surface area contributed by atoms with Gasteiger partial charge < -0.3 is 19.9 Å². The van der Waals surface area contributed by atoms with Gasteiger partial charge in [0.25, 0.3) is 11.8 Å². The molecule has 1 saturated heterocycles. The van der Waals surface area contributed by atoms with Crippen LogP contribution in [-0.2, 0) is 0 Å². The quantitative estimate of drug-likeness (QED) is 0.357. The lowest BCUT2D eigenvalue weighted by Gasteiger charge is -2.23. The van der Waals surface area contributed by atoms with Gasteiger partial charge in [0.15, 0.2) is 0 Å². The molecule has 1 aromatic heterocycles. The van der Waals surface area contributed by atoms with Crippen molar-refractivity contribution in [1.29, 1.82) is 0 Å². The Bertz CT molecular complexity index is 1250. The number of amides is 1. The molecular weight excluding hydrogens is 440 g/mol. The van der Waals surface area contributed by atoms with E-state index in [1.54, 1.807) is 12.1 Å². The van der Waals surface area contributed by atoms with Crippen molar-refractivity contribution in [3.8, 4) is 34.3 Å². The van der Waals surface area contributed by atoms with Crippen molar-refractivity contribution < 1.29 is 14.1 Å². The third kappa shape index (κ3) is 5.41. The van der Waals surface area contributed by atoms with Gasteiger partial charge in [-0.2, -0.15) is 4.98 Å². The number of carbonyl (C=O) groups excluding carboxylic acids is 1. The summed E-state index contributed by atoms with van der Waals surface area (Å²) in [6, 6.07) is 24.9. The summed E-state index contributed by atoms with van der Waals surface area (Å²) in [7, 11) is 0. The van der Waals surface area contributed by atoms with Gasteiger partial charge in [0.1, 0.15) is 11.5 Å². The Morgan fingerprint density at radius 2 is 1.74 bits per heavy atom. The highest BCUT2D eigenvalue weighted by Gasteiger charge is 2.25. The van der Waals surface area contributed by atoms with Crippen LogP contribution in [0.3, 0.4) is 0 Å². The molecule has 178 valence electrons. The van der Waals surface area contributed by atoms with Crippen molar-refractivity contribution in [3.63, 3.8) is 0 Å². The average molecular weight is 469 g/mol. The van der Waals surface area contributed by atoms with Crippen LogP contribution in [0.15, 0.2) is 83.4 Å². The van der Waals surface area contributed by atoms with Crippen LogP contribution in [0, 0.1) is 0 Å². The largest absolute Gasteiger partial charge is 0.457 e. The van der Waals surface area contributed by atoms with Crippen LogP contribution in [0.1, 0.15) is 36.5 Å². The van der Waals surface area contributed by atoms with Crippen molar-refractivity contribution in [3.05, 3.63) is 84.4 Å². The van der Waals surface area contributed by atoms with Gasteiger partial charge in [-0.15, -0.1) is 0 Å². The maximum Gasteiger partial charge on any atom is 0.258 e. The van der Waals surface area contributed by atoms with E-state index in [-0.39, 0.29) is 11.9 Å². The van der Waals surface area contributed by atoms with Gasteiger partial charge in [-0.3, -0.25) is 4.79 Å². The topological polar surface area (TPSA) is 89.3 Å².